The Morgan fingerprint density at radius 3 is 2.40 bits per heavy atom. The molecule has 0 bridgehead atoms. The molecule has 0 aromatic heterocycles. The average molecular weight is 345 g/mol. The van der Waals surface area contributed by atoms with E-state index in [2.05, 4.69) is 54.5 Å². The molecule has 6 heteroatoms. The fourth-order valence-corrected chi connectivity index (χ4v) is 2.86. The van der Waals surface area contributed by atoms with Crippen molar-refractivity contribution in [3.05, 3.63) is 35.9 Å². The van der Waals surface area contributed by atoms with Gasteiger partial charge >= 0.3 is 6.03 Å². The third-order valence-electron chi connectivity index (χ3n) is 4.75. The third kappa shape index (κ3) is 5.39. The molecular weight excluding hydrogens is 318 g/mol. The van der Waals surface area contributed by atoms with Crippen LogP contribution in [0.4, 0.5) is 4.79 Å². The Hall–Kier alpha value is -2.21. The highest BCUT2D eigenvalue weighted by atomic mass is 16.2. The molecule has 25 heavy (non-hydrogen) atoms. The molecule has 1 heterocycles. The number of rotatable bonds is 6. The molecule has 6 nitrogen and oxygen atoms in total. The number of nitrogens with one attached hydrogen (secondary N) is 1. The zero-order chi connectivity index (χ0) is 18.4. The lowest BCUT2D eigenvalue weighted by molar-refractivity contribution is -0.128. The van der Waals surface area contributed by atoms with Crippen LogP contribution in [0.25, 0.3) is 0 Å². The maximum atomic E-state index is 11.0. The van der Waals surface area contributed by atoms with Crippen molar-refractivity contribution in [2.75, 3.05) is 13.6 Å². The number of benzene rings is 1. The lowest BCUT2D eigenvalue weighted by Crippen LogP contribution is -2.32. The van der Waals surface area contributed by atoms with Crippen molar-refractivity contribution in [1.82, 2.24) is 15.1 Å². The number of carbonyl (C=O) groups excluding carboxylic acids is 3. The van der Waals surface area contributed by atoms with Crippen molar-refractivity contribution in [1.29, 1.82) is 0 Å². The third-order valence-corrected chi connectivity index (χ3v) is 4.75. The predicted octanol–water partition coefficient (Wildman–Crippen LogP) is 2.04. The molecule has 1 aliphatic heterocycles. The van der Waals surface area contributed by atoms with E-state index in [0.717, 1.165) is 23.4 Å². The van der Waals surface area contributed by atoms with Crippen LogP contribution in [0.3, 0.4) is 0 Å². The quantitative estimate of drug-likeness (QED) is 0.633. The van der Waals surface area contributed by atoms with Gasteiger partial charge in [-0.25, -0.2) is 4.79 Å². The first kappa shape index (κ1) is 19.1. The zero-order valence-electron chi connectivity index (χ0n) is 15.1. The van der Waals surface area contributed by atoms with Gasteiger partial charge in [0, 0.05) is 12.6 Å². The van der Waals surface area contributed by atoms with Gasteiger partial charge in [0.15, 0.2) is 0 Å². The highest BCUT2D eigenvalue weighted by Gasteiger charge is 2.34. The minimum Gasteiger partial charge on any atom is -0.326 e. The second kappa shape index (κ2) is 8.76. The van der Waals surface area contributed by atoms with E-state index in [9.17, 15) is 14.4 Å². The Labute approximate surface area is 149 Å². The Morgan fingerprint density at radius 1 is 1.28 bits per heavy atom. The van der Waals surface area contributed by atoms with Crippen molar-refractivity contribution >= 4 is 18.2 Å². The van der Waals surface area contributed by atoms with Crippen LogP contribution in [0, 0.1) is 5.92 Å². The number of urea groups is 1. The van der Waals surface area contributed by atoms with Crippen LogP contribution >= 0.6 is 0 Å². The highest BCUT2D eigenvalue weighted by molar-refractivity contribution is 6.05. The summed E-state index contributed by atoms with van der Waals surface area (Å²) in [6.45, 7) is 4.85. The Morgan fingerprint density at radius 2 is 1.92 bits per heavy atom. The summed E-state index contributed by atoms with van der Waals surface area (Å²) in [7, 11) is 2.23. The van der Waals surface area contributed by atoms with Gasteiger partial charge in [0.05, 0.1) is 6.54 Å². The molecular formula is C19H27N3O3. The zero-order valence-corrected chi connectivity index (χ0v) is 15.1. The minimum atomic E-state index is -0.498. The maximum Gasteiger partial charge on any atom is 0.325 e. The first-order valence-corrected chi connectivity index (χ1v) is 8.73. The summed E-state index contributed by atoms with van der Waals surface area (Å²) >= 11 is 0. The summed E-state index contributed by atoms with van der Waals surface area (Å²) in [6, 6.07) is 10.5. The number of hydrogen-bond acceptors (Lipinski definition) is 4. The van der Waals surface area contributed by atoms with E-state index in [4.69, 9.17) is 0 Å². The molecule has 2 aliphatic rings. The molecule has 0 spiro atoms. The van der Waals surface area contributed by atoms with Crippen LogP contribution in [0.1, 0.15) is 32.3 Å². The highest BCUT2D eigenvalue weighted by Crippen LogP contribution is 2.34. The van der Waals surface area contributed by atoms with Gasteiger partial charge in [0.1, 0.15) is 12.3 Å². The molecule has 0 radical (unpaired) electrons. The van der Waals surface area contributed by atoms with Crippen LogP contribution < -0.4 is 5.32 Å². The summed E-state index contributed by atoms with van der Waals surface area (Å²) < 4.78 is 0. The van der Waals surface area contributed by atoms with Gasteiger partial charge in [0.2, 0.25) is 0 Å². The van der Waals surface area contributed by atoms with Crippen LogP contribution in [0.15, 0.2) is 30.3 Å². The number of aldehydes is 1. The molecule has 2 atom stereocenters. The maximum absolute atomic E-state index is 11.0. The van der Waals surface area contributed by atoms with Gasteiger partial charge in [-0.15, -0.1) is 0 Å². The monoisotopic (exact) mass is 345 g/mol. The SMILES string of the molecule is CC(C1CC1)N(C)Cc1ccccc1.CC1NC(=O)N(CC=O)C1=O. The van der Waals surface area contributed by atoms with Crippen LogP contribution in [0.2, 0.25) is 0 Å². The molecule has 3 rings (SSSR count). The Bertz CT molecular complexity index is 601. The molecule has 1 N–H and O–H groups in total. The largest absolute Gasteiger partial charge is 0.326 e. The predicted molar refractivity (Wildman–Crippen MR) is 95.9 cm³/mol. The van der Waals surface area contributed by atoms with Crippen molar-refractivity contribution in [3.63, 3.8) is 0 Å². The van der Waals surface area contributed by atoms with E-state index >= 15 is 0 Å². The first-order chi connectivity index (χ1) is 11.9. The van der Waals surface area contributed by atoms with Gasteiger partial charge < -0.3 is 10.1 Å². The summed E-state index contributed by atoms with van der Waals surface area (Å²) in [5.41, 5.74) is 1.42. The minimum absolute atomic E-state index is 0.158. The molecule has 1 saturated heterocycles. The summed E-state index contributed by atoms with van der Waals surface area (Å²) in [5.74, 6) is 0.616. The molecule has 1 saturated carbocycles. The molecule has 2 unspecified atom stereocenters. The van der Waals surface area contributed by atoms with Crippen molar-refractivity contribution < 1.29 is 14.4 Å². The average Bonchev–Trinajstić information content (AvgIpc) is 3.41. The summed E-state index contributed by atoms with van der Waals surface area (Å²) in [5, 5.41) is 2.38. The summed E-state index contributed by atoms with van der Waals surface area (Å²) in [4.78, 5) is 35.1. The fourth-order valence-electron chi connectivity index (χ4n) is 2.86. The number of nitrogens with zero attached hydrogens (tertiary/aromatic N) is 2. The normalized spacial score (nSPS) is 20.8. The smallest absolute Gasteiger partial charge is 0.325 e. The number of amides is 3. The fraction of sp³-hybridized carbons (Fsp3) is 0.526. The molecule has 1 aromatic rings. The van der Waals surface area contributed by atoms with Crippen molar-refractivity contribution in [2.24, 2.45) is 5.92 Å². The Balaban J connectivity index is 0.000000186. The molecule has 2 fully saturated rings. The second-order valence-corrected chi connectivity index (χ2v) is 6.77. The van der Waals surface area contributed by atoms with E-state index in [1.807, 2.05) is 0 Å². The lowest BCUT2D eigenvalue weighted by Gasteiger charge is -2.24. The summed E-state index contributed by atoms with van der Waals surface area (Å²) in [6.07, 6.45) is 3.39. The Kier molecular flexibility index (Phi) is 6.70. The number of carbonyl (C=O) groups is 3. The molecule has 3 amide bonds. The van der Waals surface area contributed by atoms with Crippen LogP contribution in [0.5, 0.6) is 0 Å². The van der Waals surface area contributed by atoms with Gasteiger partial charge in [-0.2, -0.15) is 0 Å². The standard InChI is InChI=1S/C13H19N.C6H8N2O3/c1-11(13-8-9-13)14(2)10-12-6-4-3-5-7-12;1-4-5(10)8(2-3-9)6(11)7-4/h3-7,11,13H,8-10H2,1-2H3;3-4H,2H2,1H3,(H,7,11). The van der Waals surface area contributed by atoms with Crippen LogP contribution in [-0.4, -0.2) is 53.7 Å². The van der Waals surface area contributed by atoms with E-state index in [-0.39, 0.29) is 12.5 Å². The van der Waals surface area contributed by atoms with E-state index in [0.29, 0.717) is 6.29 Å². The second-order valence-electron chi connectivity index (χ2n) is 6.77. The van der Waals surface area contributed by atoms with Gasteiger partial charge in [-0.1, -0.05) is 30.3 Å². The van der Waals surface area contributed by atoms with Gasteiger partial charge in [-0.3, -0.25) is 14.6 Å². The van der Waals surface area contributed by atoms with E-state index in [1.165, 1.54) is 18.4 Å². The van der Waals surface area contributed by atoms with Gasteiger partial charge in [-0.05, 0) is 45.2 Å². The van der Waals surface area contributed by atoms with E-state index < -0.39 is 12.1 Å². The lowest BCUT2D eigenvalue weighted by atomic mass is 10.1. The van der Waals surface area contributed by atoms with Crippen molar-refractivity contribution in [3.8, 4) is 0 Å². The molecule has 1 aliphatic carbocycles. The first-order valence-electron chi connectivity index (χ1n) is 8.73. The van der Waals surface area contributed by atoms with Crippen molar-refractivity contribution in [2.45, 2.75) is 45.3 Å². The molecule has 1 aromatic carbocycles. The number of hydrogen-bond donors (Lipinski definition) is 1. The number of imide groups is 1. The van der Waals surface area contributed by atoms with Gasteiger partial charge in [0.25, 0.3) is 5.91 Å². The van der Waals surface area contributed by atoms with E-state index in [1.54, 1.807) is 6.92 Å². The topological polar surface area (TPSA) is 69.7 Å². The van der Waals surface area contributed by atoms with Crippen LogP contribution in [-0.2, 0) is 16.1 Å². The molecule has 136 valence electrons.